The van der Waals surface area contributed by atoms with E-state index in [2.05, 4.69) is 22.2 Å². The van der Waals surface area contributed by atoms with Gasteiger partial charge in [-0.2, -0.15) is 4.98 Å². The highest BCUT2D eigenvalue weighted by Gasteiger charge is 2.27. The van der Waals surface area contributed by atoms with Crippen LogP contribution in [0.15, 0.2) is 6.33 Å². The molecule has 0 aromatic carbocycles. The monoisotopic (exact) mass is 280 g/mol. The van der Waals surface area contributed by atoms with E-state index < -0.39 is 0 Å². The van der Waals surface area contributed by atoms with Crippen LogP contribution in [-0.4, -0.2) is 36.3 Å². The van der Waals surface area contributed by atoms with Gasteiger partial charge >= 0.3 is 0 Å². The van der Waals surface area contributed by atoms with Crippen LogP contribution in [-0.2, 0) is 4.74 Å². The van der Waals surface area contributed by atoms with Gasteiger partial charge in [-0.25, -0.2) is 4.98 Å². The van der Waals surface area contributed by atoms with Gasteiger partial charge in [0.2, 0.25) is 5.88 Å². The minimum atomic E-state index is 0.222. The van der Waals surface area contributed by atoms with Crippen molar-refractivity contribution in [3.63, 3.8) is 0 Å². The molecule has 6 heteroatoms. The number of rotatable bonds is 6. The molecule has 20 heavy (non-hydrogen) atoms. The van der Waals surface area contributed by atoms with E-state index in [1.165, 1.54) is 6.33 Å². The minimum Gasteiger partial charge on any atom is -0.476 e. The zero-order valence-electron chi connectivity index (χ0n) is 12.3. The summed E-state index contributed by atoms with van der Waals surface area (Å²) in [6.07, 6.45) is 4.49. The van der Waals surface area contributed by atoms with Crippen molar-refractivity contribution >= 4 is 11.5 Å². The van der Waals surface area contributed by atoms with Crippen molar-refractivity contribution in [1.29, 1.82) is 0 Å². The summed E-state index contributed by atoms with van der Waals surface area (Å²) in [6, 6.07) is 0. The standard InChI is InChI=1S/C14H24N4O2/c1-3-6-20-13-11(15)12(17-10-18-13)16-9-14(2)4-7-19-8-5-14/h10H,3-9,15H2,1-2H3,(H,16,17,18). The molecule has 1 saturated heterocycles. The molecule has 1 aromatic rings. The molecule has 0 amide bonds. The summed E-state index contributed by atoms with van der Waals surface area (Å²) < 4.78 is 10.9. The van der Waals surface area contributed by atoms with E-state index in [0.29, 0.717) is 24.0 Å². The zero-order valence-corrected chi connectivity index (χ0v) is 12.3. The Labute approximate surface area is 120 Å². The third kappa shape index (κ3) is 3.72. The topological polar surface area (TPSA) is 82.3 Å². The van der Waals surface area contributed by atoms with Gasteiger partial charge in [-0.1, -0.05) is 13.8 Å². The highest BCUT2D eigenvalue weighted by molar-refractivity contribution is 5.66. The number of nitrogens with one attached hydrogen (secondary N) is 1. The van der Waals surface area contributed by atoms with Gasteiger partial charge in [0.15, 0.2) is 5.82 Å². The second kappa shape index (κ2) is 6.74. The third-order valence-corrected chi connectivity index (χ3v) is 3.67. The normalized spacial score (nSPS) is 17.7. The number of nitrogens with two attached hydrogens (primary N) is 1. The quantitative estimate of drug-likeness (QED) is 0.830. The van der Waals surface area contributed by atoms with Crippen molar-refractivity contribution in [3.05, 3.63) is 6.33 Å². The number of hydrogen-bond acceptors (Lipinski definition) is 6. The molecule has 0 aliphatic carbocycles. The average Bonchev–Trinajstić information content (AvgIpc) is 2.46. The predicted octanol–water partition coefficient (Wildman–Crippen LogP) is 2.08. The third-order valence-electron chi connectivity index (χ3n) is 3.67. The Bertz CT molecular complexity index is 433. The highest BCUT2D eigenvalue weighted by atomic mass is 16.5. The van der Waals surface area contributed by atoms with Gasteiger partial charge in [-0.05, 0) is 24.7 Å². The van der Waals surface area contributed by atoms with Crippen molar-refractivity contribution < 1.29 is 9.47 Å². The first kappa shape index (κ1) is 14.8. The summed E-state index contributed by atoms with van der Waals surface area (Å²) >= 11 is 0. The van der Waals surface area contributed by atoms with Gasteiger partial charge in [-0.15, -0.1) is 0 Å². The second-order valence-electron chi connectivity index (χ2n) is 5.57. The fourth-order valence-electron chi connectivity index (χ4n) is 2.17. The van der Waals surface area contributed by atoms with E-state index in [1.54, 1.807) is 0 Å². The maximum Gasteiger partial charge on any atom is 0.242 e. The molecule has 1 aliphatic heterocycles. The zero-order chi connectivity index (χ0) is 14.4. The lowest BCUT2D eigenvalue weighted by Crippen LogP contribution is -2.33. The number of ether oxygens (including phenoxy) is 2. The molecule has 1 fully saturated rings. The number of hydrogen-bond donors (Lipinski definition) is 2. The van der Waals surface area contributed by atoms with E-state index >= 15 is 0 Å². The first-order chi connectivity index (χ1) is 9.64. The minimum absolute atomic E-state index is 0.222. The van der Waals surface area contributed by atoms with Crippen LogP contribution in [0.3, 0.4) is 0 Å². The lowest BCUT2D eigenvalue weighted by Gasteiger charge is -2.33. The molecule has 0 unspecified atom stereocenters. The molecule has 2 rings (SSSR count). The molecular formula is C14H24N4O2. The number of nitrogens with zero attached hydrogens (tertiary/aromatic N) is 2. The van der Waals surface area contributed by atoms with Crippen molar-refractivity contribution in [1.82, 2.24) is 9.97 Å². The van der Waals surface area contributed by atoms with Crippen LogP contribution < -0.4 is 15.8 Å². The highest BCUT2D eigenvalue weighted by Crippen LogP contribution is 2.31. The summed E-state index contributed by atoms with van der Waals surface area (Å²) in [5, 5.41) is 3.33. The average molecular weight is 280 g/mol. The lowest BCUT2D eigenvalue weighted by atomic mass is 9.82. The molecule has 6 nitrogen and oxygen atoms in total. The summed E-state index contributed by atoms with van der Waals surface area (Å²) in [5.74, 6) is 1.11. The Balaban J connectivity index is 1.98. The summed E-state index contributed by atoms with van der Waals surface area (Å²) in [6.45, 7) is 7.38. The van der Waals surface area contributed by atoms with Crippen LogP contribution >= 0.6 is 0 Å². The first-order valence-corrected chi connectivity index (χ1v) is 7.19. The van der Waals surface area contributed by atoms with Crippen LogP contribution in [0, 0.1) is 5.41 Å². The molecule has 0 radical (unpaired) electrons. The van der Waals surface area contributed by atoms with Crippen LogP contribution in [0.5, 0.6) is 5.88 Å². The largest absolute Gasteiger partial charge is 0.476 e. The molecule has 0 atom stereocenters. The van der Waals surface area contributed by atoms with Gasteiger partial charge in [0.1, 0.15) is 12.0 Å². The fraction of sp³-hybridized carbons (Fsp3) is 0.714. The molecule has 0 bridgehead atoms. The van der Waals surface area contributed by atoms with Crippen molar-refractivity contribution in [2.75, 3.05) is 37.4 Å². The Morgan fingerprint density at radius 2 is 2.15 bits per heavy atom. The van der Waals surface area contributed by atoms with Crippen molar-refractivity contribution in [2.45, 2.75) is 33.1 Å². The summed E-state index contributed by atoms with van der Waals surface area (Å²) in [4.78, 5) is 8.27. The number of nitrogen functional groups attached to an aromatic ring is 1. The first-order valence-electron chi connectivity index (χ1n) is 7.19. The van der Waals surface area contributed by atoms with Crippen LogP contribution in [0.25, 0.3) is 0 Å². The van der Waals surface area contributed by atoms with Gasteiger partial charge in [0.05, 0.1) is 6.61 Å². The molecule has 3 N–H and O–H groups in total. The molecule has 0 saturated carbocycles. The molecule has 1 aliphatic rings. The van der Waals surface area contributed by atoms with Crippen molar-refractivity contribution in [2.24, 2.45) is 5.41 Å². The molecular weight excluding hydrogens is 256 g/mol. The predicted molar refractivity (Wildman–Crippen MR) is 78.9 cm³/mol. The molecule has 112 valence electrons. The SMILES string of the molecule is CCCOc1ncnc(NCC2(C)CCOCC2)c1N. The molecule has 0 spiro atoms. The maximum atomic E-state index is 6.05. The van der Waals surface area contributed by atoms with Gasteiger partial charge in [0.25, 0.3) is 0 Å². The Morgan fingerprint density at radius 1 is 1.40 bits per heavy atom. The second-order valence-corrected chi connectivity index (χ2v) is 5.57. The fourth-order valence-corrected chi connectivity index (χ4v) is 2.17. The maximum absolute atomic E-state index is 6.05. The summed E-state index contributed by atoms with van der Waals surface area (Å²) in [7, 11) is 0. The van der Waals surface area contributed by atoms with E-state index in [9.17, 15) is 0 Å². The lowest BCUT2D eigenvalue weighted by molar-refractivity contribution is 0.0300. The van der Waals surface area contributed by atoms with Crippen LogP contribution in [0.4, 0.5) is 11.5 Å². The molecule has 2 heterocycles. The Kier molecular flexibility index (Phi) is 5.00. The summed E-state index contributed by atoms with van der Waals surface area (Å²) in [5.41, 5.74) is 6.75. The van der Waals surface area contributed by atoms with E-state index in [1.807, 2.05) is 6.92 Å². The smallest absolute Gasteiger partial charge is 0.242 e. The number of anilines is 2. The van der Waals surface area contributed by atoms with Gasteiger partial charge in [-0.3, -0.25) is 0 Å². The van der Waals surface area contributed by atoms with E-state index in [-0.39, 0.29) is 5.41 Å². The number of aromatic nitrogens is 2. The Morgan fingerprint density at radius 3 is 2.85 bits per heavy atom. The van der Waals surface area contributed by atoms with Gasteiger partial charge < -0.3 is 20.5 Å². The van der Waals surface area contributed by atoms with Crippen molar-refractivity contribution in [3.8, 4) is 5.88 Å². The van der Waals surface area contributed by atoms with Crippen LogP contribution in [0.2, 0.25) is 0 Å². The van der Waals surface area contributed by atoms with E-state index in [4.69, 9.17) is 15.2 Å². The van der Waals surface area contributed by atoms with Gasteiger partial charge in [0, 0.05) is 19.8 Å². The Hall–Kier alpha value is -1.56. The van der Waals surface area contributed by atoms with E-state index in [0.717, 1.165) is 39.0 Å². The van der Waals surface area contributed by atoms with Crippen LogP contribution in [0.1, 0.15) is 33.1 Å². The molecule has 1 aromatic heterocycles.